The van der Waals surface area contributed by atoms with Crippen molar-refractivity contribution in [1.82, 2.24) is 9.97 Å². The molecule has 24 heavy (non-hydrogen) atoms. The van der Waals surface area contributed by atoms with Crippen molar-refractivity contribution in [2.75, 3.05) is 4.90 Å². The maximum absolute atomic E-state index is 13.0. The smallest absolute Gasteiger partial charge is 0.244 e. The van der Waals surface area contributed by atoms with Crippen molar-refractivity contribution in [3.05, 3.63) is 47.5 Å². The van der Waals surface area contributed by atoms with Gasteiger partial charge in [0.05, 0.1) is 12.1 Å². The summed E-state index contributed by atoms with van der Waals surface area (Å²) in [6.07, 6.45) is 4.68. The Hall–Kier alpha value is -2.14. The van der Waals surface area contributed by atoms with Crippen LogP contribution in [-0.2, 0) is 17.6 Å². The van der Waals surface area contributed by atoms with Crippen LogP contribution < -0.4 is 10.6 Å². The molecule has 2 atom stereocenters. The summed E-state index contributed by atoms with van der Waals surface area (Å²) in [5.74, 6) is 0.908. The molecule has 128 valence electrons. The van der Waals surface area contributed by atoms with Gasteiger partial charge in [-0.1, -0.05) is 45.4 Å². The van der Waals surface area contributed by atoms with Crippen LogP contribution in [0.25, 0.3) is 0 Å². The van der Waals surface area contributed by atoms with Crippen LogP contribution in [0.15, 0.2) is 30.5 Å². The number of hydrogen-bond acceptors (Lipinski definition) is 3. The van der Waals surface area contributed by atoms with Gasteiger partial charge in [0, 0.05) is 24.0 Å². The molecule has 5 heteroatoms. The lowest BCUT2D eigenvalue weighted by atomic mass is 10.0. The average Bonchev–Trinajstić information content (AvgIpc) is 3.17. The molecule has 2 heterocycles. The summed E-state index contributed by atoms with van der Waals surface area (Å²) in [6, 6.07) is 7.43. The van der Waals surface area contributed by atoms with Gasteiger partial charge in [-0.3, -0.25) is 9.69 Å². The molecule has 1 unspecified atom stereocenters. The normalized spacial score (nSPS) is 18.0. The first-order valence-electron chi connectivity index (χ1n) is 8.73. The lowest BCUT2D eigenvalue weighted by molar-refractivity contribution is -0.121. The van der Waals surface area contributed by atoms with Crippen molar-refractivity contribution in [2.24, 2.45) is 11.7 Å². The molecular formula is C19H26N4O. The van der Waals surface area contributed by atoms with Crippen LogP contribution in [0, 0.1) is 5.92 Å². The number of nitrogens with zero attached hydrogens (tertiary/aromatic N) is 2. The number of carbonyl (C=O) groups excluding carboxylic acids is 1. The van der Waals surface area contributed by atoms with Crippen molar-refractivity contribution in [3.8, 4) is 0 Å². The quantitative estimate of drug-likeness (QED) is 0.887. The third-order valence-electron chi connectivity index (χ3n) is 4.70. The Morgan fingerprint density at radius 3 is 2.88 bits per heavy atom. The van der Waals surface area contributed by atoms with Crippen molar-refractivity contribution in [1.29, 1.82) is 0 Å². The molecule has 1 aromatic heterocycles. The molecule has 1 aromatic carbocycles. The number of rotatable bonds is 5. The first-order valence-corrected chi connectivity index (χ1v) is 8.73. The number of anilines is 1. The predicted octanol–water partition coefficient (Wildman–Crippen LogP) is 2.98. The first-order chi connectivity index (χ1) is 11.5. The highest BCUT2D eigenvalue weighted by atomic mass is 16.2. The third-order valence-corrected chi connectivity index (χ3v) is 4.70. The number of H-pyrrole nitrogens is 1. The summed E-state index contributed by atoms with van der Waals surface area (Å²) in [6.45, 7) is 6.10. The van der Waals surface area contributed by atoms with Gasteiger partial charge >= 0.3 is 0 Å². The Bertz CT molecular complexity index is 722. The molecule has 0 aliphatic carbocycles. The van der Waals surface area contributed by atoms with E-state index in [1.807, 2.05) is 43.1 Å². The SMILES string of the molecule is CCCc1cnc(C2Cc3ccccc3N2C(=O)[C@@H](N)C(C)C)[nH]1. The van der Waals surface area contributed by atoms with Crippen LogP contribution in [0.3, 0.4) is 0 Å². The minimum Gasteiger partial charge on any atom is -0.344 e. The molecule has 1 aliphatic heterocycles. The van der Waals surface area contributed by atoms with E-state index in [4.69, 9.17) is 5.73 Å². The van der Waals surface area contributed by atoms with E-state index in [1.165, 1.54) is 5.56 Å². The summed E-state index contributed by atoms with van der Waals surface area (Å²) in [5, 5.41) is 0. The maximum atomic E-state index is 13.0. The van der Waals surface area contributed by atoms with Gasteiger partial charge in [0.1, 0.15) is 5.82 Å². The second-order valence-corrected chi connectivity index (χ2v) is 6.87. The monoisotopic (exact) mass is 326 g/mol. The van der Waals surface area contributed by atoms with Crippen LogP contribution in [0.2, 0.25) is 0 Å². The van der Waals surface area contributed by atoms with E-state index in [-0.39, 0.29) is 17.9 Å². The average molecular weight is 326 g/mol. The number of nitrogens with one attached hydrogen (secondary N) is 1. The van der Waals surface area contributed by atoms with Crippen molar-refractivity contribution >= 4 is 11.6 Å². The van der Waals surface area contributed by atoms with E-state index in [0.717, 1.165) is 36.5 Å². The number of aromatic amines is 1. The number of aryl methyl sites for hydroxylation is 1. The van der Waals surface area contributed by atoms with Crippen molar-refractivity contribution in [2.45, 2.75) is 52.1 Å². The second-order valence-electron chi connectivity index (χ2n) is 6.87. The van der Waals surface area contributed by atoms with Gasteiger partial charge in [0.15, 0.2) is 0 Å². The highest BCUT2D eigenvalue weighted by Gasteiger charge is 2.38. The molecular weight excluding hydrogens is 300 g/mol. The van der Waals surface area contributed by atoms with E-state index in [1.54, 1.807) is 0 Å². The van der Waals surface area contributed by atoms with Crippen LogP contribution in [0.1, 0.15) is 50.3 Å². The van der Waals surface area contributed by atoms with E-state index in [9.17, 15) is 4.79 Å². The van der Waals surface area contributed by atoms with Gasteiger partial charge in [-0.2, -0.15) is 0 Å². The Kier molecular flexibility index (Phi) is 4.71. The fraction of sp³-hybridized carbons (Fsp3) is 0.474. The fourth-order valence-corrected chi connectivity index (χ4v) is 3.27. The van der Waals surface area contributed by atoms with Crippen molar-refractivity contribution in [3.63, 3.8) is 0 Å². The largest absolute Gasteiger partial charge is 0.344 e. The minimum absolute atomic E-state index is 0.0339. The number of hydrogen-bond donors (Lipinski definition) is 2. The standard InChI is InChI=1S/C19H26N4O/c1-4-7-14-11-21-18(22-14)16-10-13-8-5-6-9-15(13)23(16)19(24)17(20)12(2)3/h5-6,8-9,11-12,16-17H,4,7,10,20H2,1-3H3,(H,21,22)/t16?,17-/m0/s1. The molecule has 0 spiro atoms. The summed E-state index contributed by atoms with van der Waals surface area (Å²) >= 11 is 0. The molecule has 0 radical (unpaired) electrons. The lowest BCUT2D eigenvalue weighted by Gasteiger charge is -2.28. The van der Waals surface area contributed by atoms with Gasteiger partial charge in [0.2, 0.25) is 5.91 Å². The van der Waals surface area contributed by atoms with Crippen LogP contribution in [0.5, 0.6) is 0 Å². The van der Waals surface area contributed by atoms with Crippen molar-refractivity contribution < 1.29 is 4.79 Å². The van der Waals surface area contributed by atoms with Crippen LogP contribution in [-0.4, -0.2) is 21.9 Å². The molecule has 0 saturated heterocycles. The second kappa shape index (κ2) is 6.77. The van der Waals surface area contributed by atoms with Crippen LogP contribution >= 0.6 is 0 Å². The van der Waals surface area contributed by atoms with E-state index >= 15 is 0 Å². The van der Waals surface area contributed by atoms with E-state index < -0.39 is 6.04 Å². The molecule has 1 aliphatic rings. The number of para-hydroxylation sites is 1. The Morgan fingerprint density at radius 1 is 1.42 bits per heavy atom. The van der Waals surface area contributed by atoms with Gasteiger partial charge in [0.25, 0.3) is 0 Å². The molecule has 0 fully saturated rings. The maximum Gasteiger partial charge on any atom is 0.244 e. The third kappa shape index (κ3) is 2.96. The summed E-state index contributed by atoms with van der Waals surface area (Å²) in [7, 11) is 0. The lowest BCUT2D eigenvalue weighted by Crippen LogP contribution is -2.47. The highest BCUT2D eigenvalue weighted by molar-refractivity contribution is 5.99. The number of amides is 1. The summed E-state index contributed by atoms with van der Waals surface area (Å²) in [4.78, 5) is 22.8. The number of nitrogens with two attached hydrogens (primary N) is 1. The molecule has 0 bridgehead atoms. The number of benzene rings is 1. The molecule has 5 nitrogen and oxygen atoms in total. The minimum atomic E-state index is -0.510. The first kappa shape index (κ1) is 16.7. The number of carbonyl (C=O) groups is 1. The fourth-order valence-electron chi connectivity index (χ4n) is 3.27. The van der Waals surface area contributed by atoms with Gasteiger partial charge in [-0.15, -0.1) is 0 Å². The van der Waals surface area contributed by atoms with Gasteiger partial charge < -0.3 is 10.7 Å². The zero-order valence-electron chi connectivity index (χ0n) is 14.6. The number of aromatic nitrogens is 2. The Labute approximate surface area is 143 Å². The number of fused-ring (bicyclic) bond motifs is 1. The van der Waals surface area contributed by atoms with E-state index in [0.29, 0.717) is 0 Å². The Morgan fingerprint density at radius 2 is 2.17 bits per heavy atom. The molecule has 2 aromatic rings. The van der Waals surface area contributed by atoms with Crippen LogP contribution in [0.4, 0.5) is 5.69 Å². The summed E-state index contributed by atoms with van der Waals surface area (Å²) in [5.41, 5.74) is 9.41. The predicted molar refractivity (Wildman–Crippen MR) is 95.8 cm³/mol. The zero-order chi connectivity index (χ0) is 17.3. The molecule has 3 N–H and O–H groups in total. The molecule has 3 rings (SSSR count). The van der Waals surface area contributed by atoms with E-state index in [2.05, 4.69) is 23.0 Å². The zero-order valence-corrected chi connectivity index (χ0v) is 14.6. The van der Waals surface area contributed by atoms with Gasteiger partial charge in [-0.05, 0) is 24.0 Å². The number of imidazole rings is 1. The molecule has 0 saturated carbocycles. The molecule has 1 amide bonds. The highest BCUT2D eigenvalue weighted by Crippen LogP contribution is 2.40. The topological polar surface area (TPSA) is 75.0 Å². The van der Waals surface area contributed by atoms with Gasteiger partial charge in [-0.25, -0.2) is 4.98 Å². The Balaban J connectivity index is 1.97. The summed E-state index contributed by atoms with van der Waals surface area (Å²) < 4.78 is 0.